The molecule has 0 aliphatic carbocycles. The van der Waals surface area contributed by atoms with E-state index >= 15 is 0 Å². The molecule has 1 aromatic heterocycles. The maximum Gasteiger partial charge on any atom is 0.321 e. The molecule has 0 saturated carbocycles. The number of aliphatic hydroxyl groups is 1. The zero-order chi connectivity index (χ0) is 15.4. The molecule has 2 heterocycles. The van der Waals surface area contributed by atoms with E-state index in [-0.39, 0.29) is 18.6 Å². The van der Waals surface area contributed by atoms with E-state index in [0.29, 0.717) is 12.2 Å². The molecular formula is C16H20N4O2. The van der Waals surface area contributed by atoms with Gasteiger partial charge in [-0.3, -0.25) is 0 Å². The van der Waals surface area contributed by atoms with Crippen molar-refractivity contribution >= 4 is 11.7 Å². The van der Waals surface area contributed by atoms with Gasteiger partial charge in [-0.2, -0.15) is 5.10 Å². The van der Waals surface area contributed by atoms with Crippen LogP contribution in [-0.2, 0) is 0 Å². The van der Waals surface area contributed by atoms with Gasteiger partial charge < -0.3 is 15.3 Å². The van der Waals surface area contributed by atoms with Gasteiger partial charge >= 0.3 is 6.03 Å². The van der Waals surface area contributed by atoms with Crippen LogP contribution >= 0.6 is 0 Å². The Hall–Kier alpha value is -2.34. The van der Waals surface area contributed by atoms with Gasteiger partial charge in [-0.25, -0.2) is 9.48 Å². The van der Waals surface area contributed by atoms with E-state index in [2.05, 4.69) is 10.4 Å². The van der Waals surface area contributed by atoms with E-state index in [1.165, 1.54) is 0 Å². The molecule has 1 aliphatic rings. The van der Waals surface area contributed by atoms with Gasteiger partial charge in [0.2, 0.25) is 0 Å². The van der Waals surface area contributed by atoms with Gasteiger partial charge in [0.15, 0.2) is 0 Å². The lowest BCUT2D eigenvalue weighted by Gasteiger charge is -2.31. The van der Waals surface area contributed by atoms with Crippen molar-refractivity contribution in [1.82, 2.24) is 14.7 Å². The van der Waals surface area contributed by atoms with Crippen molar-refractivity contribution in [2.45, 2.75) is 12.8 Å². The summed E-state index contributed by atoms with van der Waals surface area (Å²) in [6.07, 6.45) is 5.34. The second kappa shape index (κ2) is 6.62. The summed E-state index contributed by atoms with van der Waals surface area (Å²) in [6.45, 7) is 1.47. The van der Waals surface area contributed by atoms with Crippen LogP contribution in [0.4, 0.5) is 10.5 Å². The molecule has 1 unspecified atom stereocenters. The van der Waals surface area contributed by atoms with Crippen molar-refractivity contribution in [2.24, 2.45) is 5.92 Å². The molecule has 1 fully saturated rings. The number of amides is 2. The number of hydrogen-bond acceptors (Lipinski definition) is 3. The molecular weight excluding hydrogens is 280 g/mol. The summed E-state index contributed by atoms with van der Waals surface area (Å²) in [5.41, 5.74) is 1.61. The van der Waals surface area contributed by atoms with E-state index in [1.54, 1.807) is 22.0 Å². The number of piperidine rings is 1. The highest BCUT2D eigenvalue weighted by molar-refractivity contribution is 5.89. The van der Waals surface area contributed by atoms with Gasteiger partial charge in [0.05, 0.1) is 23.8 Å². The summed E-state index contributed by atoms with van der Waals surface area (Å²) < 4.78 is 1.72. The average Bonchev–Trinajstić information content (AvgIpc) is 3.04. The van der Waals surface area contributed by atoms with Crippen LogP contribution in [0.5, 0.6) is 0 Å². The molecule has 1 saturated heterocycles. The molecule has 22 heavy (non-hydrogen) atoms. The number of carbonyl (C=O) groups is 1. The minimum Gasteiger partial charge on any atom is -0.396 e. The van der Waals surface area contributed by atoms with Gasteiger partial charge in [-0.15, -0.1) is 0 Å². The fourth-order valence-corrected chi connectivity index (χ4v) is 2.71. The first kappa shape index (κ1) is 14.6. The Kier molecular flexibility index (Phi) is 4.39. The largest absolute Gasteiger partial charge is 0.396 e. The molecule has 1 aliphatic heterocycles. The maximum atomic E-state index is 12.3. The Morgan fingerprint density at radius 1 is 1.36 bits per heavy atom. The number of nitrogens with zero attached hydrogens (tertiary/aromatic N) is 3. The molecule has 0 radical (unpaired) electrons. The fourth-order valence-electron chi connectivity index (χ4n) is 2.71. The molecule has 0 bridgehead atoms. The summed E-state index contributed by atoms with van der Waals surface area (Å²) in [4.78, 5) is 14.0. The summed E-state index contributed by atoms with van der Waals surface area (Å²) >= 11 is 0. The molecule has 1 atom stereocenters. The van der Waals surface area contributed by atoms with Crippen LogP contribution in [0.15, 0.2) is 42.7 Å². The minimum absolute atomic E-state index is 0.134. The predicted molar refractivity (Wildman–Crippen MR) is 84.0 cm³/mol. The number of urea groups is 1. The van der Waals surface area contributed by atoms with Crippen LogP contribution in [0, 0.1) is 5.92 Å². The van der Waals surface area contributed by atoms with Crippen molar-refractivity contribution in [3.05, 3.63) is 42.7 Å². The van der Waals surface area contributed by atoms with Crippen LogP contribution in [0.2, 0.25) is 0 Å². The number of para-hydroxylation sites is 1. The van der Waals surface area contributed by atoms with Crippen LogP contribution < -0.4 is 5.32 Å². The average molecular weight is 300 g/mol. The number of aromatic nitrogens is 2. The highest BCUT2D eigenvalue weighted by atomic mass is 16.3. The molecule has 3 rings (SSSR count). The molecule has 0 spiro atoms. The van der Waals surface area contributed by atoms with E-state index in [0.717, 1.165) is 25.1 Å². The van der Waals surface area contributed by atoms with Crippen LogP contribution in [-0.4, -0.2) is 45.5 Å². The first-order chi connectivity index (χ1) is 10.8. The third kappa shape index (κ3) is 3.28. The molecule has 6 heteroatoms. The number of anilines is 1. The number of nitrogens with one attached hydrogen (secondary N) is 1. The normalized spacial score (nSPS) is 18.2. The lowest BCUT2D eigenvalue weighted by molar-refractivity contribution is 0.136. The Morgan fingerprint density at radius 3 is 2.95 bits per heavy atom. The number of aliphatic hydroxyl groups excluding tert-OH is 1. The van der Waals surface area contributed by atoms with Gasteiger partial charge in [0.25, 0.3) is 0 Å². The molecule has 2 aromatic rings. The number of rotatable bonds is 3. The topological polar surface area (TPSA) is 70.4 Å². The van der Waals surface area contributed by atoms with Crippen molar-refractivity contribution < 1.29 is 9.90 Å². The summed E-state index contributed by atoms with van der Waals surface area (Å²) in [7, 11) is 0. The molecule has 1 aromatic carbocycles. The van der Waals surface area contributed by atoms with Gasteiger partial charge in [-0.05, 0) is 30.9 Å². The van der Waals surface area contributed by atoms with Gasteiger partial charge in [0.1, 0.15) is 0 Å². The minimum atomic E-state index is -0.134. The molecule has 2 amide bonds. The number of likely N-dealkylation sites (tertiary alicyclic amines) is 1. The lowest BCUT2D eigenvalue weighted by Crippen LogP contribution is -2.43. The standard InChI is InChI=1S/C16H20N4O2/c21-12-13-5-4-8-19(10-13)16(22)18-14-9-17-20(11-14)15-6-2-1-3-7-15/h1-3,6-7,9,11,13,21H,4-5,8,10,12H2,(H,18,22). The van der Waals surface area contributed by atoms with Gasteiger partial charge in [-0.1, -0.05) is 18.2 Å². The van der Waals surface area contributed by atoms with E-state index in [1.807, 2.05) is 30.3 Å². The van der Waals surface area contributed by atoms with Crippen LogP contribution in [0.25, 0.3) is 5.69 Å². The Bertz CT molecular complexity index is 626. The zero-order valence-corrected chi connectivity index (χ0v) is 12.4. The predicted octanol–water partition coefficient (Wildman–Crippen LogP) is 2.11. The second-order valence-electron chi connectivity index (χ2n) is 5.58. The number of hydrogen-bond donors (Lipinski definition) is 2. The van der Waals surface area contributed by atoms with Crippen molar-refractivity contribution in [3.8, 4) is 5.69 Å². The summed E-state index contributed by atoms with van der Waals surface area (Å²) in [5.74, 6) is 0.187. The van der Waals surface area contributed by atoms with Gasteiger partial charge in [0, 0.05) is 19.7 Å². The maximum absolute atomic E-state index is 12.3. The van der Waals surface area contributed by atoms with E-state index in [9.17, 15) is 9.90 Å². The Morgan fingerprint density at radius 2 is 2.18 bits per heavy atom. The quantitative estimate of drug-likeness (QED) is 0.912. The second-order valence-corrected chi connectivity index (χ2v) is 5.58. The van der Waals surface area contributed by atoms with Crippen molar-refractivity contribution in [1.29, 1.82) is 0 Å². The Labute approximate surface area is 129 Å². The number of benzene rings is 1. The third-order valence-corrected chi connectivity index (χ3v) is 3.92. The van der Waals surface area contributed by atoms with Crippen molar-refractivity contribution in [2.75, 3.05) is 25.0 Å². The first-order valence-corrected chi connectivity index (χ1v) is 7.53. The van der Waals surface area contributed by atoms with E-state index < -0.39 is 0 Å². The SMILES string of the molecule is O=C(Nc1cnn(-c2ccccc2)c1)N1CCCC(CO)C1. The lowest BCUT2D eigenvalue weighted by atomic mass is 9.99. The first-order valence-electron chi connectivity index (χ1n) is 7.53. The number of carbonyl (C=O) groups excluding carboxylic acids is 1. The monoisotopic (exact) mass is 300 g/mol. The smallest absolute Gasteiger partial charge is 0.321 e. The van der Waals surface area contributed by atoms with Crippen LogP contribution in [0.1, 0.15) is 12.8 Å². The highest BCUT2D eigenvalue weighted by Gasteiger charge is 2.23. The molecule has 2 N–H and O–H groups in total. The highest BCUT2D eigenvalue weighted by Crippen LogP contribution is 2.17. The molecule has 116 valence electrons. The third-order valence-electron chi connectivity index (χ3n) is 3.92. The van der Waals surface area contributed by atoms with E-state index in [4.69, 9.17) is 0 Å². The zero-order valence-electron chi connectivity index (χ0n) is 12.4. The van der Waals surface area contributed by atoms with Crippen molar-refractivity contribution in [3.63, 3.8) is 0 Å². The molecule has 6 nitrogen and oxygen atoms in total. The Balaban J connectivity index is 1.64. The van der Waals surface area contributed by atoms with Crippen LogP contribution in [0.3, 0.4) is 0 Å². The summed E-state index contributed by atoms with van der Waals surface area (Å²) in [6, 6.07) is 9.61. The fraction of sp³-hybridized carbons (Fsp3) is 0.375. The summed E-state index contributed by atoms with van der Waals surface area (Å²) in [5, 5.41) is 16.4.